The summed E-state index contributed by atoms with van der Waals surface area (Å²) in [6, 6.07) is 4.46. The lowest BCUT2D eigenvalue weighted by Gasteiger charge is -2.31. The molecule has 0 amide bonds. The minimum atomic E-state index is 0.934. The number of aryl methyl sites for hydroxylation is 1. The molecule has 1 N–H and O–H groups in total. The predicted molar refractivity (Wildman–Crippen MR) is 76.6 cm³/mol. The lowest BCUT2D eigenvalue weighted by molar-refractivity contribution is 0.219. The molecule has 0 radical (unpaired) electrons. The van der Waals surface area contributed by atoms with Gasteiger partial charge in [0.25, 0.3) is 0 Å². The van der Waals surface area contributed by atoms with E-state index in [4.69, 9.17) is 0 Å². The maximum atomic E-state index is 3.54. The van der Waals surface area contributed by atoms with E-state index >= 15 is 0 Å². The largest absolute Gasteiger partial charge is 0.317 e. The van der Waals surface area contributed by atoms with Gasteiger partial charge < -0.3 is 5.32 Å². The van der Waals surface area contributed by atoms with Crippen LogP contribution in [-0.4, -0.2) is 13.1 Å². The molecule has 2 rings (SSSR count). The third-order valence-electron chi connectivity index (χ3n) is 4.06. The first-order chi connectivity index (χ1) is 8.40. The first kappa shape index (κ1) is 13.1. The average Bonchev–Trinajstić information content (AvgIpc) is 2.88. The van der Waals surface area contributed by atoms with Crippen molar-refractivity contribution >= 4 is 11.3 Å². The summed E-state index contributed by atoms with van der Waals surface area (Å²) in [4.78, 5) is 1.57. The van der Waals surface area contributed by atoms with Crippen LogP contribution >= 0.6 is 11.3 Å². The van der Waals surface area contributed by atoms with Crippen molar-refractivity contribution in [1.82, 2.24) is 5.32 Å². The molecule has 0 spiro atoms. The van der Waals surface area contributed by atoms with E-state index in [1.54, 1.807) is 4.88 Å². The Morgan fingerprint density at radius 1 is 1.29 bits per heavy atom. The van der Waals surface area contributed by atoms with Gasteiger partial charge in [0, 0.05) is 4.88 Å². The van der Waals surface area contributed by atoms with Crippen molar-refractivity contribution in [2.45, 2.75) is 45.4 Å². The van der Waals surface area contributed by atoms with Gasteiger partial charge in [0.2, 0.25) is 0 Å². The van der Waals surface area contributed by atoms with Crippen LogP contribution in [0.15, 0.2) is 17.5 Å². The summed E-state index contributed by atoms with van der Waals surface area (Å²) in [5.41, 5.74) is 0. The summed E-state index contributed by atoms with van der Waals surface area (Å²) in [5, 5.41) is 5.74. The van der Waals surface area contributed by atoms with E-state index in [-0.39, 0.29) is 0 Å². The third kappa shape index (κ3) is 4.11. The number of thiophene rings is 1. The van der Waals surface area contributed by atoms with Gasteiger partial charge in [-0.25, -0.2) is 0 Å². The summed E-state index contributed by atoms with van der Waals surface area (Å²) >= 11 is 1.91. The Morgan fingerprint density at radius 3 is 2.82 bits per heavy atom. The van der Waals surface area contributed by atoms with Gasteiger partial charge >= 0.3 is 0 Å². The zero-order valence-electron chi connectivity index (χ0n) is 11.0. The van der Waals surface area contributed by atoms with Crippen LogP contribution < -0.4 is 5.32 Å². The molecule has 96 valence electrons. The Bertz CT molecular complexity index is 294. The van der Waals surface area contributed by atoms with E-state index in [0.717, 1.165) is 18.4 Å². The Hall–Kier alpha value is -0.340. The van der Waals surface area contributed by atoms with Gasteiger partial charge in [-0.05, 0) is 55.6 Å². The maximum absolute atomic E-state index is 3.54. The summed E-state index contributed by atoms with van der Waals surface area (Å²) in [6.45, 7) is 4.57. The SMILES string of the molecule is CCNCC1CCCCC1CCc1cccs1. The van der Waals surface area contributed by atoms with Crippen LogP contribution in [0.3, 0.4) is 0 Å². The highest BCUT2D eigenvalue weighted by Gasteiger charge is 2.24. The van der Waals surface area contributed by atoms with E-state index in [9.17, 15) is 0 Å². The molecule has 2 unspecified atom stereocenters. The quantitative estimate of drug-likeness (QED) is 0.803. The number of rotatable bonds is 6. The predicted octanol–water partition coefficient (Wildman–Crippen LogP) is 4.10. The second-order valence-electron chi connectivity index (χ2n) is 5.23. The fourth-order valence-corrected chi connectivity index (χ4v) is 3.77. The van der Waals surface area contributed by atoms with Crippen LogP contribution in [0.5, 0.6) is 0 Å². The number of nitrogens with one attached hydrogen (secondary N) is 1. The topological polar surface area (TPSA) is 12.0 Å². The van der Waals surface area contributed by atoms with Crippen molar-refractivity contribution in [2.75, 3.05) is 13.1 Å². The van der Waals surface area contributed by atoms with Gasteiger partial charge in [-0.3, -0.25) is 0 Å². The molecule has 1 aromatic rings. The number of hydrogen-bond acceptors (Lipinski definition) is 2. The van der Waals surface area contributed by atoms with Crippen LogP contribution in [0.2, 0.25) is 0 Å². The molecule has 1 aromatic heterocycles. The monoisotopic (exact) mass is 251 g/mol. The summed E-state index contributed by atoms with van der Waals surface area (Å²) < 4.78 is 0. The van der Waals surface area contributed by atoms with Crippen molar-refractivity contribution in [2.24, 2.45) is 11.8 Å². The van der Waals surface area contributed by atoms with Crippen LogP contribution in [0.25, 0.3) is 0 Å². The van der Waals surface area contributed by atoms with E-state index in [0.29, 0.717) is 0 Å². The zero-order chi connectivity index (χ0) is 11.9. The van der Waals surface area contributed by atoms with Crippen molar-refractivity contribution in [3.05, 3.63) is 22.4 Å². The smallest absolute Gasteiger partial charge is 0.00453 e. The Balaban J connectivity index is 1.79. The van der Waals surface area contributed by atoms with Gasteiger partial charge in [-0.1, -0.05) is 32.3 Å². The standard InChI is InChI=1S/C15H25NS/c1-2-16-12-14-7-4-3-6-13(14)9-10-15-8-5-11-17-15/h5,8,11,13-14,16H,2-4,6-7,9-10,12H2,1H3. The molecule has 17 heavy (non-hydrogen) atoms. The first-order valence-electron chi connectivity index (χ1n) is 7.13. The first-order valence-corrected chi connectivity index (χ1v) is 8.01. The molecule has 0 aliphatic heterocycles. The molecule has 0 saturated heterocycles. The van der Waals surface area contributed by atoms with Crippen LogP contribution in [-0.2, 0) is 6.42 Å². The van der Waals surface area contributed by atoms with Crippen molar-refractivity contribution in [3.8, 4) is 0 Å². The van der Waals surface area contributed by atoms with Gasteiger partial charge in [-0.15, -0.1) is 11.3 Å². The molecule has 0 bridgehead atoms. The lowest BCUT2D eigenvalue weighted by Crippen LogP contribution is -2.30. The number of hydrogen-bond donors (Lipinski definition) is 1. The molecule has 1 aliphatic carbocycles. The minimum Gasteiger partial charge on any atom is -0.317 e. The molecule has 1 fully saturated rings. The zero-order valence-corrected chi connectivity index (χ0v) is 11.8. The Morgan fingerprint density at radius 2 is 2.12 bits per heavy atom. The maximum Gasteiger partial charge on any atom is 0.00453 e. The highest BCUT2D eigenvalue weighted by Crippen LogP contribution is 2.33. The van der Waals surface area contributed by atoms with E-state index in [1.165, 1.54) is 45.1 Å². The molecule has 1 nitrogen and oxygen atoms in total. The highest BCUT2D eigenvalue weighted by molar-refractivity contribution is 7.09. The van der Waals surface area contributed by atoms with E-state index in [2.05, 4.69) is 29.8 Å². The van der Waals surface area contributed by atoms with Gasteiger partial charge in [0.15, 0.2) is 0 Å². The van der Waals surface area contributed by atoms with E-state index < -0.39 is 0 Å². The van der Waals surface area contributed by atoms with Crippen molar-refractivity contribution in [3.63, 3.8) is 0 Å². The average molecular weight is 251 g/mol. The molecule has 2 heteroatoms. The van der Waals surface area contributed by atoms with Crippen molar-refractivity contribution in [1.29, 1.82) is 0 Å². The van der Waals surface area contributed by atoms with E-state index in [1.807, 2.05) is 11.3 Å². The molecule has 1 heterocycles. The highest BCUT2D eigenvalue weighted by atomic mass is 32.1. The molecule has 1 saturated carbocycles. The lowest BCUT2D eigenvalue weighted by atomic mass is 9.77. The molecular weight excluding hydrogens is 226 g/mol. The minimum absolute atomic E-state index is 0.934. The molecule has 0 aromatic carbocycles. The van der Waals surface area contributed by atoms with Crippen LogP contribution in [0.1, 0.15) is 43.9 Å². The second kappa shape index (κ2) is 7.17. The summed E-state index contributed by atoms with van der Waals surface area (Å²) in [5.74, 6) is 1.90. The van der Waals surface area contributed by atoms with Gasteiger partial charge in [0.1, 0.15) is 0 Å². The molecular formula is C15H25NS. The second-order valence-corrected chi connectivity index (χ2v) is 6.26. The Labute approximate surface area is 110 Å². The fourth-order valence-electron chi connectivity index (χ4n) is 3.05. The fraction of sp³-hybridized carbons (Fsp3) is 0.733. The molecule has 1 aliphatic rings. The van der Waals surface area contributed by atoms with Crippen molar-refractivity contribution < 1.29 is 0 Å². The van der Waals surface area contributed by atoms with Gasteiger partial charge in [-0.2, -0.15) is 0 Å². The Kier molecular flexibility index (Phi) is 5.53. The normalized spacial score (nSPS) is 25.0. The third-order valence-corrected chi connectivity index (χ3v) is 5.00. The van der Waals surface area contributed by atoms with Gasteiger partial charge in [0.05, 0.1) is 0 Å². The molecule has 2 atom stereocenters. The van der Waals surface area contributed by atoms with Crippen LogP contribution in [0, 0.1) is 11.8 Å². The van der Waals surface area contributed by atoms with Crippen LogP contribution in [0.4, 0.5) is 0 Å². The summed E-state index contributed by atoms with van der Waals surface area (Å²) in [6.07, 6.45) is 8.51. The summed E-state index contributed by atoms with van der Waals surface area (Å²) in [7, 11) is 0.